The number of hydrogen-bond donors (Lipinski definition) is 2. The SMILES string of the molecule is CC(NC(=O)Oc1ccc2c(c1)N(C(=O)CNC1CCCCC1C)CC(=O)N2C1CC1)c1cccnc1. The standard InChI is InChI=1S/C28H35N5O4/c1-18-6-3-4-8-23(18)30-16-26(34)32-17-27(35)33(21-9-10-21)24-12-11-22(14-25(24)32)37-28(36)31-19(2)20-7-5-13-29-15-20/h5,7,11-15,18-19,21,23,30H,3-4,6,8-10,16-17H2,1-2H3,(H,31,36). The Morgan fingerprint density at radius 2 is 1.95 bits per heavy atom. The van der Waals surface area contributed by atoms with Gasteiger partial charge in [-0.2, -0.15) is 0 Å². The molecule has 2 fully saturated rings. The largest absolute Gasteiger partial charge is 0.413 e. The number of ether oxygens (including phenoxy) is 1. The van der Waals surface area contributed by atoms with Gasteiger partial charge in [0.25, 0.3) is 0 Å². The van der Waals surface area contributed by atoms with Crippen molar-refractivity contribution in [2.24, 2.45) is 5.92 Å². The van der Waals surface area contributed by atoms with E-state index < -0.39 is 6.09 Å². The first kappa shape index (κ1) is 25.2. The summed E-state index contributed by atoms with van der Waals surface area (Å²) in [6, 6.07) is 9.01. The molecular weight excluding hydrogens is 470 g/mol. The molecule has 1 aromatic carbocycles. The first-order chi connectivity index (χ1) is 17.9. The molecule has 2 heterocycles. The number of nitrogens with one attached hydrogen (secondary N) is 2. The van der Waals surface area contributed by atoms with Crippen LogP contribution < -0.4 is 25.2 Å². The Balaban J connectivity index is 1.32. The minimum atomic E-state index is -0.604. The summed E-state index contributed by atoms with van der Waals surface area (Å²) in [6.07, 6.45) is 9.29. The molecule has 2 saturated carbocycles. The molecule has 9 heteroatoms. The van der Waals surface area contributed by atoms with Gasteiger partial charge < -0.3 is 20.3 Å². The molecule has 0 saturated heterocycles. The lowest BCUT2D eigenvalue weighted by Gasteiger charge is -2.37. The third kappa shape index (κ3) is 5.77. The van der Waals surface area contributed by atoms with Gasteiger partial charge in [0.2, 0.25) is 11.8 Å². The van der Waals surface area contributed by atoms with Gasteiger partial charge in [-0.25, -0.2) is 4.79 Å². The highest BCUT2D eigenvalue weighted by molar-refractivity contribution is 6.12. The van der Waals surface area contributed by atoms with E-state index in [1.54, 1.807) is 35.5 Å². The van der Waals surface area contributed by atoms with Crippen molar-refractivity contribution in [2.45, 2.75) is 70.5 Å². The van der Waals surface area contributed by atoms with Gasteiger partial charge in [0.05, 0.1) is 24.0 Å². The van der Waals surface area contributed by atoms with E-state index in [0.717, 1.165) is 31.2 Å². The third-order valence-electron chi connectivity index (χ3n) is 7.63. The molecule has 2 aliphatic carbocycles. The predicted molar refractivity (Wildman–Crippen MR) is 141 cm³/mol. The first-order valence-corrected chi connectivity index (χ1v) is 13.3. The number of amides is 3. The molecule has 3 atom stereocenters. The number of pyridine rings is 1. The Labute approximate surface area is 217 Å². The Morgan fingerprint density at radius 3 is 2.68 bits per heavy atom. The topological polar surface area (TPSA) is 104 Å². The number of nitrogens with zero attached hydrogens (tertiary/aromatic N) is 3. The van der Waals surface area contributed by atoms with Crippen LogP contribution in [0.1, 0.15) is 64.0 Å². The fraction of sp³-hybridized carbons (Fsp3) is 0.500. The maximum atomic E-state index is 13.4. The van der Waals surface area contributed by atoms with Gasteiger partial charge in [-0.3, -0.25) is 19.5 Å². The van der Waals surface area contributed by atoms with Crippen LogP contribution in [0.15, 0.2) is 42.7 Å². The molecule has 196 valence electrons. The molecule has 2 aromatic rings. The Morgan fingerprint density at radius 1 is 1.14 bits per heavy atom. The molecule has 1 aliphatic heterocycles. The van der Waals surface area contributed by atoms with E-state index in [1.807, 2.05) is 19.1 Å². The summed E-state index contributed by atoms with van der Waals surface area (Å²) >= 11 is 0. The van der Waals surface area contributed by atoms with Crippen molar-refractivity contribution in [2.75, 3.05) is 22.9 Å². The number of carbonyl (C=O) groups is 3. The lowest BCUT2D eigenvalue weighted by Crippen LogP contribution is -2.52. The molecule has 3 aliphatic rings. The molecule has 0 radical (unpaired) electrons. The quantitative estimate of drug-likeness (QED) is 0.591. The molecule has 3 unspecified atom stereocenters. The summed E-state index contributed by atoms with van der Waals surface area (Å²) in [4.78, 5) is 46.4. The molecule has 9 nitrogen and oxygen atoms in total. The molecular formula is C28H35N5O4. The van der Waals surface area contributed by atoms with E-state index in [2.05, 4.69) is 22.5 Å². The number of benzene rings is 1. The Hall–Kier alpha value is -3.46. The monoisotopic (exact) mass is 505 g/mol. The zero-order valence-electron chi connectivity index (χ0n) is 21.5. The number of anilines is 2. The van der Waals surface area contributed by atoms with E-state index in [1.165, 1.54) is 17.7 Å². The van der Waals surface area contributed by atoms with Gasteiger partial charge in [0.1, 0.15) is 12.3 Å². The average molecular weight is 506 g/mol. The van der Waals surface area contributed by atoms with Crippen LogP contribution in [0, 0.1) is 5.92 Å². The van der Waals surface area contributed by atoms with Crippen LogP contribution in [0.2, 0.25) is 0 Å². The van der Waals surface area contributed by atoms with Crippen LogP contribution in [0.4, 0.5) is 16.2 Å². The van der Waals surface area contributed by atoms with Gasteiger partial charge in [0.15, 0.2) is 0 Å². The van der Waals surface area contributed by atoms with Gasteiger partial charge in [-0.05, 0) is 62.3 Å². The van der Waals surface area contributed by atoms with Crippen molar-refractivity contribution in [1.29, 1.82) is 0 Å². The fourth-order valence-corrected chi connectivity index (χ4v) is 5.34. The van der Waals surface area contributed by atoms with Gasteiger partial charge in [-0.1, -0.05) is 25.8 Å². The Kier molecular flexibility index (Phi) is 7.41. The molecule has 2 N–H and O–H groups in total. The van der Waals surface area contributed by atoms with Crippen LogP contribution in [0.3, 0.4) is 0 Å². The van der Waals surface area contributed by atoms with Crippen molar-refractivity contribution in [3.8, 4) is 5.75 Å². The highest BCUT2D eigenvalue weighted by atomic mass is 16.6. The van der Waals surface area contributed by atoms with E-state index >= 15 is 0 Å². The van der Waals surface area contributed by atoms with Crippen LogP contribution in [0.25, 0.3) is 0 Å². The van der Waals surface area contributed by atoms with Gasteiger partial charge in [-0.15, -0.1) is 0 Å². The summed E-state index contributed by atoms with van der Waals surface area (Å²) < 4.78 is 5.58. The fourth-order valence-electron chi connectivity index (χ4n) is 5.34. The van der Waals surface area contributed by atoms with E-state index in [4.69, 9.17) is 4.74 Å². The van der Waals surface area contributed by atoms with Crippen molar-refractivity contribution < 1.29 is 19.1 Å². The van der Waals surface area contributed by atoms with Crippen LogP contribution >= 0.6 is 0 Å². The number of hydrogen-bond acceptors (Lipinski definition) is 6. The minimum absolute atomic E-state index is 0.0159. The van der Waals surface area contributed by atoms with E-state index in [-0.39, 0.29) is 37.0 Å². The Bertz CT molecular complexity index is 1150. The second kappa shape index (κ2) is 10.9. The number of fused-ring (bicyclic) bond motifs is 1. The molecule has 0 spiro atoms. The second-order valence-electron chi connectivity index (χ2n) is 10.4. The van der Waals surface area contributed by atoms with Crippen LogP contribution in [-0.4, -0.2) is 48.1 Å². The maximum absolute atomic E-state index is 13.4. The number of aromatic nitrogens is 1. The zero-order chi connectivity index (χ0) is 25.9. The minimum Gasteiger partial charge on any atom is -0.410 e. The van der Waals surface area contributed by atoms with Gasteiger partial charge >= 0.3 is 6.09 Å². The van der Waals surface area contributed by atoms with Crippen molar-refractivity contribution in [3.05, 3.63) is 48.3 Å². The van der Waals surface area contributed by atoms with Crippen LogP contribution in [0.5, 0.6) is 5.75 Å². The average Bonchev–Trinajstić information content (AvgIpc) is 3.73. The molecule has 1 aromatic heterocycles. The summed E-state index contributed by atoms with van der Waals surface area (Å²) in [5, 5.41) is 6.24. The summed E-state index contributed by atoms with van der Waals surface area (Å²) in [7, 11) is 0. The smallest absolute Gasteiger partial charge is 0.410 e. The second-order valence-corrected chi connectivity index (χ2v) is 10.4. The number of carbonyl (C=O) groups excluding carboxylic acids is 3. The third-order valence-corrected chi connectivity index (χ3v) is 7.63. The normalized spacial score (nSPS) is 22.3. The highest BCUT2D eigenvalue weighted by Crippen LogP contribution is 2.42. The van der Waals surface area contributed by atoms with Crippen molar-refractivity contribution in [3.63, 3.8) is 0 Å². The highest BCUT2D eigenvalue weighted by Gasteiger charge is 2.41. The van der Waals surface area contributed by atoms with E-state index in [9.17, 15) is 14.4 Å². The molecule has 37 heavy (non-hydrogen) atoms. The lowest BCUT2D eigenvalue weighted by molar-refractivity contribution is -0.122. The molecule has 0 bridgehead atoms. The molecule has 3 amide bonds. The lowest BCUT2D eigenvalue weighted by atomic mass is 9.86. The van der Waals surface area contributed by atoms with Crippen molar-refractivity contribution >= 4 is 29.3 Å². The molecule has 5 rings (SSSR count). The summed E-state index contributed by atoms with van der Waals surface area (Å²) in [6.45, 7) is 4.22. The summed E-state index contributed by atoms with van der Waals surface area (Å²) in [5.74, 6) is 0.599. The number of rotatable bonds is 7. The van der Waals surface area contributed by atoms with Gasteiger partial charge in [0, 0.05) is 30.5 Å². The predicted octanol–water partition coefficient (Wildman–Crippen LogP) is 3.94. The first-order valence-electron chi connectivity index (χ1n) is 13.3. The van der Waals surface area contributed by atoms with Crippen LogP contribution in [-0.2, 0) is 9.59 Å². The maximum Gasteiger partial charge on any atom is 0.413 e. The van der Waals surface area contributed by atoms with E-state index in [0.29, 0.717) is 29.1 Å². The zero-order valence-corrected chi connectivity index (χ0v) is 21.5. The van der Waals surface area contributed by atoms with Crippen molar-refractivity contribution in [1.82, 2.24) is 15.6 Å². The summed E-state index contributed by atoms with van der Waals surface area (Å²) in [5.41, 5.74) is 2.15.